The number of rotatable bonds is 9. The number of nitrogens with one attached hydrogen (secondary N) is 2. The van der Waals surface area contributed by atoms with Gasteiger partial charge in [0.05, 0.1) is 19.1 Å². The van der Waals surface area contributed by atoms with E-state index in [4.69, 9.17) is 4.74 Å². The van der Waals surface area contributed by atoms with E-state index in [2.05, 4.69) is 30.5 Å². The number of fused-ring (bicyclic) bond motifs is 1. The Morgan fingerprint density at radius 3 is 2.34 bits per heavy atom. The highest BCUT2D eigenvalue weighted by Crippen LogP contribution is 2.29. The van der Waals surface area contributed by atoms with Crippen molar-refractivity contribution in [3.8, 4) is 0 Å². The molecule has 1 aromatic rings. The van der Waals surface area contributed by atoms with Crippen LogP contribution < -0.4 is 10.6 Å². The van der Waals surface area contributed by atoms with E-state index in [9.17, 15) is 19.2 Å². The number of likely N-dealkylation sites (N-methyl/N-ethyl adjacent to an activating group) is 1. The number of carbonyl (C=O) groups is 4. The summed E-state index contributed by atoms with van der Waals surface area (Å²) < 4.78 is 5.28. The van der Waals surface area contributed by atoms with Crippen LogP contribution in [0, 0.1) is 0 Å². The quantitative estimate of drug-likeness (QED) is 0.495. The van der Waals surface area contributed by atoms with Gasteiger partial charge in [0.1, 0.15) is 11.6 Å². The molecular formula is C29H48N4O5. The number of ether oxygens (including phenoxy) is 1. The minimum absolute atomic E-state index is 0.0602. The largest absolute Gasteiger partial charge is 0.444 e. The summed E-state index contributed by atoms with van der Waals surface area (Å²) in [6.07, 6.45) is 4.17. The first kappa shape index (κ1) is 32.9. The molecule has 0 radical (unpaired) electrons. The first-order chi connectivity index (χ1) is 17.8. The molecule has 4 amide bonds. The van der Waals surface area contributed by atoms with Crippen LogP contribution in [0.1, 0.15) is 91.3 Å². The van der Waals surface area contributed by atoms with Crippen molar-refractivity contribution >= 4 is 23.8 Å². The van der Waals surface area contributed by atoms with Gasteiger partial charge in [-0.15, -0.1) is 0 Å². The van der Waals surface area contributed by atoms with Crippen molar-refractivity contribution in [1.29, 1.82) is 0 Å². The molecule has 0 heterocycles. The molecule has 0 bridgehead atoms. The summed E-state index contributed by atoms with van der Waals surface area (Å²) in [5.74, 6) is -1.06. The van der Waals surface area contributed by atoms with Gasteiger partial charge in [0.25, 0.3) is 0 Å². The molecule has 0 aromatic heterocycles. The van der Waals surface area contributed by atoms with E-state index in [1.807, 2.05) is 25.1 Å². The van der Waals surface area contributed by atoms with Gasteiger partial charge in [0.2, 0.25) is 17.7 Å². The third-order valence-electron chi connectivity index (χ3n) is 5.94. The van der Waals surface area contributed by atoms with Crippen molar-refractivity contribution in [2.24, 2.45) is 0 Å². The van der Waals surface area contributed by atoms with Crippen LogP contribution in [0.15, 0.2) is 24.3 Å². The van der Waals surface area contributed by atoms with Crippen molar-refractivity contribution in [2.75, 3.05) is 26.7 Å². The molecule has 2 N–H and O–H groups in total. The molecule has 38 heavy (non-hydrogen) atoms. The van der Waals surface area contributed by atoms with Crippen LogP contribution in [0.3, 0.4) is 0 Å². The third-order valence-corrected chi connectivity index (χ3v) is 5.94. The number of amides is 4. The van der Waals surface area contributed by atoms with Crippen LogP contribution in [0.4, 0.5) is 4.79 Å². The van der Waals surface area contributed by atoms with Gasteiger partial charge in [-0.1, -0.05) is 51.5 Å². The first-order valence-corrected chi connectivity index (χ1v) is 13.7. The van der Waals surface area contributed by atoms with Crippen molar-refractivity contribution in [2.45, 2.75) is 98.3 Å². The average Bonchev–Trinajstić information content (AvgIpc) is 2.85. The normalized spacial score (nSPS) is 15.1. The minimum atomic E-state index is -0.827. The zero-order valence-electron chi connectivity index (χ0n) is 24.6. The Balaban J connectivity index is 0.00000229. The van der Waals surface area contributed by atoms with Crippen LogP contribution in [0.5, 0.6) is 0 Å². The highest BCUT2D eigenvalue weighted by molar-refractivity contribution is 5.90. The summed E-state index contributed by atoms with van der Waals surface area (Å²) in [4.78, 5) is 53.0. The van der Waals surface area contributed by atoms with E-state index in [-0.39, 0.29) is 30.9 Å². The Morgan fingerprint density at radius 2 is 1.74 bits per heavy atom. The maximum Gasteiger partial charge on any atom is 0.410 e. The van der Waals surface area contributed by atoms with E-state index in [0.717, 1.165) is 24.8 Å². The Bertz CT molecular complexity index is 928. The number of carbonyl (C=O) groups excluding carboxylic acids is 4. The minimum Gasteiger partial charge on any atom is -0.444 e. The van der Waals surface area contributed by atoms with Crippen molar-refractivity contribution in [1.82, 2.24) is 20.4 Å². The van der Waals surface area contributed by atoms with E-state index in [1.54, 1.807) is 27.7 Å². The first-order valence-electron chi connectivity index (χ1n) is 13.7. The van der Waals surface area contributed by atoms with Crippen molar-refractivity contribution in [3.63, 3.8) is 0 Å². The molecule has 0 saturated carbocycles. The van der Waals surface area contributed by atoms with Crippen molar-refractivity contribution < 1.29 is 23.9 Å². The monoisotopic (exact) mass is 532 g/mol. The fraction of sp³-hybridized carbons (Fsp3) is 0.655. The smallest absolute Gasteiger partial charge is 0.410 e. The van der Waals surface area contributed by atoms with Gasteiger partial charge in [-0.3, -0.25) is 19.3 Å². The fourth-order valence-electron chi connectivity index (χ4n) is 3.97. The lowest BCUT2D eigenvalue weighted by atomic mass is 9.88. The third kappa shape index (κ3) is 11.1. The predicted molar refractivity (Wildman–Crippen MR) is 150 cm³/mol. The maximum absolute atomic E-state index is 12.8. The second kappa shape index (κ2) is 16.0. The molecule has 0 aliphatic heterocycles. The molecule has 214 valence electrons. The Kier molecular flexibility index (Phi) is 13.9. The number of benzene rings is 1. The highest BCUT2D eigenvalue weighted by atomic mass is 16.6. The molecule has 2 unspecified atom stereocenters. The van der Waals surface area contributed by atoms with Gasteiger partial charge < -0.3 is 20.3 Å². The molecule has 9 heteroatoms. The topological polar surface area (TPSA) is 108 Å². The molecular weight excluding hydrogens is 484 g/mol. The standard InChI is InChI=1S/C26H40N4O5.C3H8/c1-7-15-30(17-22(31)28-21-14-10-12-19-11-8-9-13-20(19)21)23(32)16-27-24(33)18(2)29(6)25(34)35-26(3,4)5;1-3-2/h8-9,11,13,18,21H,7,10,12,14-17H2,1-6H3,(H,27,33)(H,28,31);3H2,1-2H3. The van der Waals surface area contributed by atoms with E-state index in [1.165, 1.54) is 28.8 Å². The van der Waals surface area contributed by atoms with Gasteiger partial charge in [-0.25, -0.2) is 4.79 Å². The molecule has 1 aliphatic rings. The van der Waals surface area contributed by atoms with E-state index in [0.29, 0.717) is 13.0 Å². The fourth-order valence-corrected chi connectivity index (χ4v) is 3.97. The lowest BCUT2D eigenvalue weighted by Crippen LogP contribution is -2.50. The summed E-state index contributed by atoms with van der Waals surface area (Å²) >= 11 is 0. The van der Waals surface area contributed by atoms with Gasteiger partial charge in [-0.05, 0) is 64.5 Å². The van der Waals surface area contributed by atoms with Crippen LogP contribution in [-0.2, 0) is 25.5 Å². The Hall–Kier alpha value is -3.10. The van der Waals surface area contributed by atoms with E-state index >= 15 is 0 Å². The zero-order valence-corrected chi connectivity index (χ0v) is 24.6. The summed E-state index contributed by atoms with van der Waals surface area (Å²) in [6, 6.07) is 7.22. The molecule has 1 aliphatic carbocycles. The maximum atomic E-state index is 12.8. The molecule has 9 nitrogen and oxygen atoms in total. The number of hydrogen-bond donors (Lipinski definition) is 2. The molecule has 1 aromatic carbocycles. The molecule has 0 spiro atoms. The molecule has 0 fully saturated rings. The average molecular weight is 533 g/mol. The lowest BCUT2D eigenvalue weighted by molar-refractivity contribution is -0.137. The molecule has 0 saturated heterocycles. The number of hydrogen-bond acceptors (Lipinski definition) is 5. The summed E-state index contributed by atoms with van der Waals surface area (Å²) in [5, 5.41) is 5.65. The van der Waals surface area contributed by atoms with Crippen LogP contribution in [0.25, 0.3) is 0 Å². The van der Waals surface area contributed by atoms with E-state index < -0.39 is 23.6 Å². The Labute approximate surface area is 228 Å². The van der Waals surface area contributed by atoms with Crippen LogP contribution in [-0.4, -0.2) is 71.9 Å². The second-order valence-corrected chi connectivity index (χ2v) is 10.7. The zero-order chi connectivity index (χ0) is 28.9. The number of aryl methyl sites for hydroxylation is 1. The number of nitrogens with zero attached hydrogens (tertiary/aromatic N) is 2. The summed E-state index contributed by atoms with van der Waals surface area (Å²) in [7, 11) is 1.47. The van der Waals surface area contributed by atoms with Gasteiger partial charge in [0, 0.05) is 13.6 Å². The van der Waals surface area contributed by atoms with Crippen LogP contribution >= 0.6 is 0 Å². The lowest BCUT2D eigenvalue weighted by Gasteiger charge is -2.29. The summed E-state index contributed by atoms with van der Waals surface area (Å²) in [6.45, 7) is 13.0. The van der Waals surface area contributed by atoms with Gasteiger partial charge in [0.15, 0.2) is 0 Å². The van der Waals surface area contributed by atoms with Gasteiger partial charge >= 0.3 is 6.09 Å². The SMILES string of the molecule is CCC.CCCN(CC(=O)NC1CCCc2ccccc21)C(=O)CNC(=O)C(C)N(C)C(=O)OC(C)(C)C. The van der Waals surface area contributed by atoms with Gasteiger partial charge in [-0.2, -0.15) is 0 Å². The van der Waals surface area contributed by atoms with Crippen LogP contribution in [0.2, 0.25) is 0 Å². The summed E-state index contributed by atoms with van der Waals surface area (Å²) in [5.41, 5.74) is 1.70. The Morgan fingerprint density at radius 1 is 1.11 bits per heavy atom. The second-order valence-electron chi connectivity index (χ2n) is 10.7. The van der Waals surface area contributed by atoms with Crippen molar-refractivity contribution in [3.05, 3.63) is 35.4 Å². The molecule has 2 atom stereocenters. The highest BCUT2D eigenvalue weighted by Gasteiger charge is 2.28. The molecule has 2 rings (SSSR count). The predicted octanol–water partition coefficient (Wildman–Crippen LogP) is 4.21.